The standard InChI is InChI=1S/C54H32/c1-3-15-33(16-4-1)47-43-25-11-12-26-44(43)53(45-31-29-35-19-13-27-39-37-21-7-9-23-41(37)51(45)48(35)39)54(50(47)34-17-5-2-6-18-34)46-32-30-36-20-14-28-40-38-22-8-10-24-42(38)52(46)49(36)40/h1-32H. The Labute approximate surface area is 314 Å². The van der Waals surface area contributed by atoms with Gasteiger partial charge in [0.1, 0.15) is 0 Å². The quantitative estimate of drug-likeness (QED) is 0.174. The predicted molar refractivity (Wildman–Crippen MR) is 230 cm³/mol. The summed E-state index contributed by atoms with van der Waals surface area (Å²) in [6.45, 7) is 0. The van der Waals surface area contributed by atoms with Crippen LogP contribution < -0.4 is 0 Å². The van der Waals surface area contributed by atoms with Gasteiger partial charge in [-0.3, -0.25) is 0 Å². The van der Waals surface area contributed by atoms with Gasteiger partial charge in [0.25, 0.3) is 0 Å². The van der Waals surface area contributed by atoms with Crippen molar-refractivity contribution in [1.29, 1.82) is 0 Å². The molecule has 0 aliphatic heterocycles. The zero-order chi connectivity index (χ0) is 35.3. The fourth-order valence-electron chi connectivity index (χ4n) is 9.84. The third kappa shape index (κ3) is 3.97. The first kappa shape index (κ1) is 29.5. The molecule has 12 rings (SSSR count). The Kier molecular flexibility index (Phi) is 6.15. The maximum atomic E-state index is 2.41. The molecule has 0 atom stereocenters. The van der Waals surface area contributed by atoms with E-state index in [-0.39, 0.29) is 0 Å². The molecule has 2 aliphatic carbocycles. The van der Waals surface area contributed by atoms with E-state index < -0.39 is 0 Å². The second-order valence-electron chi connectivity index (χ2n) is 14.7. The molecular formula is C54H32. The van der Waals surface area contributed by atoms with E-state index in [0.29, 0.717) is 0 Å². The van der Waals surface area contributed by atoms with Gasteiger partial charge in [0, 0.05) is 0 Å². The molecule has 0 amide bonds. The van der Waals surface area contributed by atoms with Crippen LogP contribution in [0.2, 0.25) is 0 Å². The fraction of sp³-hybridized carbons (Fsp3) is 0. The molecule has 54 heavy (non-hydrogen) atoms. The zero-order valence-electron chi connectivity index (χ0n) is 29.5. The normalized spacial score (nSPS) is 12.1. The summed E-state index contributed by atoms with van der Waals surface area (Å²) in [7, 11) is 0. The molecule has 0 bridgehead atoms. The molecule has 0 radical (unpaired) electrons. The van der Waals surface area contributed by atoms with E-state index in [1.54, 1.807) is 0 Å². The van der Waals surface area contributed by atoms with Gasteiger partial charge in [0.05, 0.1) is 0 Å². The van der Waals surface area contributed by atoms with E-state index in [1.165, 1.54) is 121 Å². The summed E-state index contributed by atoms with van der Waals surface area (Å²) in [6, 6.07) is 72.4. The van der Waals surface area contributed by atoms with E-state index in [9.17, 15) is 0 Å². The molecule has 0 heterocycles. The molecule has 0 heteroatoms. The second-order valence-corrected chi connectivity index (χ2v) is 14.7. The van der Waals surface area contributed by atoms with Crippen LogP contribution in [-0.4, -0.2) is 0 Å². The van der Waals surface area contributed by atoms with Crippen LogP contribution in [0.3, 0.4) is 0 Å². The molecule has 0 saturated heterocycles. The lowest BCUT2D eigenvalue weighted by Gasteiger charge is -2.26. The monoisotopic (exact) mass is 680 g/mol. The summed E-state index contributed by atoms with van der Waals surface area (Å²) in [6.07, 6.45) is 0. The Morgan fingerprint density at radius 2 is 0.593 bits per heavy atom. The largest absolute Gasteiger partial charge is 0.0622 e. The summed E-state index contributed by atoms with van der Waals surface area (Å²) in [5, 5.41) is 7.75. The number of benzene rings is 10. The van der Waals surface area contributed by atoms with Gasteiger partial charge in [-0.2, -0.15) is 0 Å². The van der Waals surface area contributed by atoms with Crippen molar-refractivity contribution in [3.8, 4) is 89.0 Å². The summed E-state index contributed by atoms with van der Waals surface area (Å²) >= 11 is 0. The Hall–Kier alpha value is -7.02. The van der Waals surface area contributed by atoms with Crippen LogP contribution in [-0.2, 0) is 0 Å². The van der Waals surface area contributed by atoms with Crippen LogP contribution in [0, 0.1) is 0 Å². The molecule has 0 nitrogen and oxygen atoms in total. The molecule has 0 unspecified atom stereocenters. The van der Waals surface area contributed by atoms with Crippen molar-refractivity contribution in [3.63, 3.8) is 0 Å². The fourth-order valence-corrected chi connectivity index (χ4v) is 9.84. The molecule has 2 aliphatic rings. The Morgan fingerprint density at radius 3 is 1.13 bits per heavy atom. The Morgan fingerprint density at radius 1 is 0.185 bits per heavy atom. The van der Waals surface area contributed by atoms with Gasteiger partial charge < -0.3 is 0 Å². The first-order valence-corrected chi connectivity index (χ1v) is 18.9. The number of rotatable bonds is 4. The third-order valence-electron chi connectivity index (χ3n) is 11.9. The van der Waals surface area contributed by atoms with Crippen LogP contribution >= 0.6 is 0 Å². The Balaban J connectivity index is 1.35. The number of fused-ring (bicyclic) bond motifs is 7. The lowest BCUT2D eigenvalue weighted by Crippen LogP contribution is -1.99. The highest BCUT2D eigenvalue weighted by molar-refractivity contribution is 6.27. The van der Waals surface area contributed by atoms with Gasteiger partial charge in [-0.25, -0.2) is 0 Å². The van der Waals surface area contributed by atoms with Crippen LogP contribution in [0.1, 0.15) is 0 Å². The van der Waals surface area contributed by atoms with E-state index in [1.807, 2.05) is 0 Å². The Bertz CT molecular complexity index is 3180. The van der Waals surface area contributed by atoms with E-state index in [2.05, 4.69) is 194 Å². The topological polar surface area (TPSA) is 0 Å². The molecule has 0 aromatic heterocycles. The lowest BCUT2D eigenvalue weighted by atomic mass is 9.76. The van der Waals surface area contributed by atoms with Gasteiger partial charge in [-0.05, 0) is 121 Å². The summed E-state index contributed by atoms with van der Waals surface area (Å²) < 4.78 is 0. The van der Waals surface area contributed by atoms with Crippen molar-refractivity contribution < 1.29 is 0 Å². The minimum atomic E-state index is 1.21. The zero-order valence-corrected chi connectivity index (χ0v) is 29.5. The van der Waals surface area contributed by atoms with Crippen molar-refractivity contribution >= 4 is 32.3 Å². The highest BCUT2D eigenvalue weighted by atomic mass is 14.3. The average molecular weight is 681 g/mol. The van der Waals surface area contributed by atoms with Crippen molar-refractivity contribution in [2.24, 2.45) is 0 Å². The van der Waals surface area contributed by atoms with Crippen LogP contribution in [0.5, 0.6) is 0 Å². The van der Waals surface area contributed by atoms with E-state index >= 15 is 0 Å². The molecule has 10 aromatic rings. The first-order valence-electron chi connectivity index (χ1n) is 18.9. The molecule has 0 fully saturated rings. The molecule has 248 valence electrons. The van der Waals surface area contributed by atoms with Gasteiger partial charge in [0.2, 0.25) is 0 Å². The number of hydrogen-bond acceptors (Lipinski definition) is 0. The smallest absolute Gasteiger partial charge is 0.000741 e. The van der Waals surface area contributed by atoms with Crippen LogP contribution in [0.25, 0.3) is 121 Å². The van der Waals surface area contributed by atoms with Crippen molar-refractivity contribution in [2.75, 3.05) is 0 Å². The van der Waals surface area contributed by atoms with E-state index in [0.717, 1.165) is 0 Å². The summed E-state index contributed by atoms with van der Waals surface area (Å²) in [5.41, 5.74) is 20.6. The van der Waals surface area contributed by atoms with Crippen LogP contribution in [0.4, 0.5) is 0 Å². The van der Waals surface area contributed by atoms with E-state index in [4.69, 9.17) is 0 Å². The van der Waals surface area contributed by atoms with Crippen molar-refractivity contribution in [3.05, 3.63) is 194 Å². The maximum Gasteiger partial charge on any atom is -0.000741 e. The highest BCUT2D eigenvalue weighted by Gasteiger charge is 2.32. The van der Waals surface area contributed by atoms with Crippen molar-refractivity contribution in [1.82, 2.24) is 0 Å². The maximum absolute atomic E-state index is 2.41. The van der Waals surface area contributed by atoms with Gasteiger partial charge >= 0.3 is 0 Å². The number of hydrogen-bond donors (Lipinski definition) is 0. The highest BCUT2D eigenvalue weighted by Crippen LogP contribution is 2.59. The van der Waals surface area contributed by atoms with Crippen molar-refractivity contribution in [2.45, 2.75) is 0 Å². The minimum absolute atomic E-state index is 1.21. The molecule has 10 aromatic carbocycles. The molecule has 0 N–H and O–H groups in total. The molecular weight excluding hydrogens is 649 g/mol. The average Bonchev–Trinajstić information content (AvgIpc) is 3.77. The van der Waals surface area contributed by atoms with Gasteiger partial charge in [0.15, 0.2) is 0 Å². The molecule has 0 spiro atoms. The third-order valence-corrected chi connectivity index (χ3v) is 11.9. The first-order chi connectivity index (χ1) is 26.8. The minimum Gasteiger partial charge on any atom is -0.0622 e. The van der Waals surface area contributed by atoms with Gasteiger partial charge in [-0.1, -0.05) is 194 Å². The predicted octanol–water partition coefficient (Wildman–Crippen LogP) is 15.1. The summed E-state index contributed by atoms with van der Waals surface area (Å²) in [5.74, 6) is 0. The van der Waals surface area contributed by atoms with Gasteiger partial charge in [-0.15, -0.1) is 0 Å². The SMILES string of the molecule is c1ccc(-c2c(-c3ccc4cccc5c4c3-c3ccccc3-5)c(-c3ccc4cccc5c4c3-c3ccccc3-5)c3ccccc3c2-c2ccccc2)cc1. The molecule has 0 saturated carbocycles. The van der Waals surface area contributed by atoms with Crippen LogP contribution in [0.15, 0.2) is 194 Å². The second kappa shape index (κ2) is 11.2. The summed E-state index contributed by atoms with van der Waals surface area (Å²) in [4.78, 5) is 0. The lowest BCUT2D eigenvalue weighted by molar-refractivity contribution is 1.58.